The van der Waals surface area contributed by atoms with Gasteiger partial charge in [0.25, 0.3) is 0 Å². The van der Waals surface area contributed by atoms with Crippen LogP contribution in [-0.4, -0.2) is 195 Å². The van der Waals surface area contributed by atoms with E-state index in [1.165, 1.54) is 13.8 Å². The molecule has 0 radical (unpaired) electrons. The number of para-hydroxylation sites is 1. The zero-order valence-corrected chi connectivity index (χ0v) is 60.3. The minimum absolute atomic E-state index is 0.0234. The molecule has 32 heteroatoms. The second kappa shape index (κ2) is 42.3. The van der Waals surface area contributed by atoms with Gasteiger partial charge < -0.3 is 100 Å². The monoisotopic (exact) mass is 1470 g/mol. The molecule has 103 heavy (non-hydrogen) atoms. The lowest BCUT2D eigenvalue weighted by molar-refractivity contribution is -0.136. The van der Waals surface area contributed by atoms with Crippen molar-refractivity contribution in [2.75, 3.05) is 36.5 Å². The van der Waals surface area contributed by atoms with Crippen molar-refractivity contribution in [1.82, 2.24) is 63.5 Å². The van der Waals surface area contributed by atoms with Crippen LogP contribution in [0.2, 0.25) is 0 Å². The Kier molecular flexibility index (Phi) is 34.0. The number of hydrogen-bond donors (Lipinski definition) is 18. The number of rotatable bonds is 31. The van der Waals surface area contributed by atoms with Crippen molar-refractivity contribution in [3.05, 3.63) is 138 Å². The Morgan fingerprint density at radius 1 is 0.631 bits per heavy atom. The Labute approximate surface area is 606 Å². The number of amides is 12. The number of aromatic amines is 1. The molecule has 1 saturated heterocycles. The summed E-state index contributed by atoms with van der Waals surface area (Å²) in [7, 11) is 1.88. The second-order valence-electron chi connectivity index (χ2n) is 25.9. The molecule has 0 saturated carbocycles. The molecule has 1 unspecified atom stereocenters. The van der Waals surface area contributed by atoms with Gasteiger partial charge >= 0.3 is 12.1 Å². The Balaban J connectivity index is 1.31. The molecule has 560 valence electrons. The number of hydrogen-bond acceptors (Lipinski definition) is 19. The van der Waals surface area contributed by atoms with Crippen LogP contribution < -0.4 is 75.3 Å². The van der Waals surface area contributed by atoms with E-state index in [4.69, 9.17) is 16.2 Å². The molecule has 1 fully saturated rings. The van der Waals surface area contributed by atoms with Gasteiger partial charge in [0.1, 0.15) is 54.9 Å². The van der Waals surface area contributed by atoms with Crippen molar-refractivity contribution in [2.45, 2.75) is 178 Å². The smallest absolute Gasteiger partial charge is 0.408 e. The summed E-state index contributed by atoms with van der Waals surface area (Å²) in [6, 6.07) is 16.6. The third-order valence-electron chi connectivity index (χ3n) is 16.8. The van der Waals surface area contributed by atoms with E-state index in [-0.39, 0.29) is 81.2 Å². The Bertz CT molecular complexity index is 3610. The number of alkyl carbamates (subject to hydrolysis) is 1. The maximum absolute atomic E-state index is 15.2. The van der Waals surface area contributed by atoms with E-state index in [9.17, 15) is 58.5 Å². The SMILES string of the molecule is CC(C)N[C@H](C(=O)N[C@@H](CCCNC(N)=O)C(=O)Nc1ccc(COC(=O)N[C@H](Cc2ccccc2)C(=O)N[C@H]2CSSC[C@@H](C(=O)N[C@H](CO)[C@@H](C)O)NC(=O)C([C@@H](C)O)NC(=O)[C@H](CCCCN)NC(=O)[C@@H](Cc3c[nH]c4ccccc34)NC(=O)[C@H](Cc3ccccc3)NC2=O)cc1)C(C)C. The van der Waals surface area contributed by atoms with Crippen LogP contribution >= 0.6 is 21.6 Å². The number of unbranched alkanes of at least 4 members (excludes halogenated alkanes) is 1. The number of urea groups is 1. The van der Waals surface area contributed by atoms with E-state index >= 15 is 9.59 Å². The number of aromatic nitrogens is 1. The molecule has 5 aromatic rings. The van der Waals surface area contributed by atoms with Crippen LogP contribution in [0.3, 0.4) is 0 Å². The first-order valence-corrected chi connectivity index (χ1v) is 36.8. The predicted octanol–water partition coefficient (Wildman–Crippen LogP) is 1.06. The van der Waals surface area contributed by atoms with E-state index in [0.29, 0.717) is 58.1 Å². The predicted molar refractivity (Wildman–Crippen MR) is 392 cm³/mol. The zero-order valence-electron chi connectivity index (χ0n) is 58.7. The molecule has 12 atom stereocenters. The lowest BCUT2D eigenvalue weighted by atomic mass is 10.0. The van der Waals surface area contributed by atoms with E-state index in [1.54, 1.807) is 97.2 Å². The highest BCUT2D eigenvalue weighted by atomic mass is 33.1. The first-order valence-electron chi connectivity index (χ1n) is 34.3. The van der Waals surface area contributed by atoms with Gasteiger partial charge in [0.15, 0.2) is 0 Å². The van der Waals surface area contributed by atoms with Crippen LogP contribution in [-0.2, 0) is 73.8 Å². The Morgan fingerprint density at radius 3 is 1.88 bits per heavy atom. The van der Waals surface area contributed by atoms with Gasteiger partial charge in [0.2, 0.25) is 53.2 Å². The van der Waals surface area contributed by atoms with Crippen molar-refractivity contribution in [3.63, 3.8) is 0 Å². The molecule has 2 heterocycles. The van der Waals surface area contributed by atoms with Gasteiger partial charge in [0.05, 0.1) is 30.9 Å². The van der Waals surface area contributed by atoms with E-state index in [1.807, 2.05) is 45.9 Å². The molecule has 12 amide bonds. The molecular weight excluding hydrogens is 1370 g/mol. The summed E-state index contributed by atoms with van der Waals surface area (Å²) in [6.07, 6.45) is -1.54. The molecule has 1 aromatic heterocycles. The molecule has 30 nitrogen and oxygen atoms in total. The normalized spacial score (nSPS) is 19.8. The quantitative estimate of drug-likeness (QED) is 0.0218. The number of ether oxygens (including phenoxy) is 1. The van der Waals surface area contributed by atoms with Crippen LogP contribution in [0.1, 0.15) is 95.9 Å². The van der Waals surface area contributed by atoms with Gasteiger partial charge in [-0.15, -0.1) is 0 Å². The highest BCUT2D eigenvalue weighted by Gasteiger charge is 2.38. The summed E-state index contributed by atoms with van der Waals surface area (Å²) >= 11 is 0. The standard InChI is InChI=1S/C71H99N15O15S2/c1-40(2)59(76-41(3)4)68(97)79-52(25-17-31-74-70(73)99)61(90)77-48-28-26-46(27-29-48)37-101-71(100)85-54(33-45-20-11-8-12-21-45)64(93)83-57-38-102-103-39-58(67(96)82-56(36-87)42(5)88)84-69(98)60(43(6)89)86-62(91)51(24-15-16-30-72)78-65(94)55(34-47-35-75-50-23-14-13-22-49(47)50)81-63(92)53(80-66(57)95)32-44-18-9-7-10-19-44/h7-14,18-23,26-29,35,40-43,51-60,75-76,87-89H,15-17,24-25,30-34,36-39,72H2,1-6H3,(H,77,90)(H,78,94)(H,79,97)(H,80,95)(H,81,92)(H,82,96)(H,83,93)(H,84,98)(H,85,100)(H,86,91)(H3,73,74,99)/t42-,43-,51+,52+,53+,54-,55-,56-,57+,58+,59+,60?/m1/s1. The molecule has 1 aliphatic heterocycles. The lowest BCUT2D eigenvalue weighted by Gasteiger charge is -2.29. The number of nitrogens with two attached hydrogens (primary N) is 2. The van der Waals surface area contributed by atoms with Crippen LogP contribution in [0.5, 0.6) is 0 Å². The van der Waals surface area contributed by atoms with Crippen LogP contribution in [0.4, 0.5) is 15.3 Å². The lowest BCUT2D eigenvalue weighted by Crippen LogP contribution is -2.62. The summed E-state index contributed by atoms with van der Waals surface area (Å²) in [5.74, 6) is -8.01. The second-order valence-corrected chi connectivity index (χ2v) is 28.4. The van der Waals surface area contributed by atoms with E-state index < -0.39 is 139 Å². The van der Waals surface area contributed by atoms with Gasteiger partial charge in [-0.3, -0.25) is 43.2 Å². The molecule has 0 aliphatic carbocycles. The molecule has 0 bridgehead atoms. The average Bonchev–Trinajstić information content (AvgIpc) is 1.74. The largest absolute Gasteiger partial charge is 0.445 e. The average molecular weight is 1470 g/mol. The number of carbonyl (C=O) groups excluding carboxylic acids is 11. The number of anilines is 1. The molecule has 20 N–H and O–H groups in total. The van der Waals surface area contributed by atoms with Gasteiger partial charge in [-0.2, -0.15) is 0 Å². The van der Waals surface area contributed by atoms with Crippen molar-refractivity contribution in [2.24, 2.45) is 17.4 Å². The van der Waals surface area contributed by atoms with E-state index in [0.717, 1.165) is 21.6 Å². The maximum atomic E-state index is 15.2. The van der Waals surface area contributed by atoms with E-state index in [2.05, 4.69) is 68.8 Å². The van der Waals surface area contributed by atoms with Crippen LogP contribution in [0.15, 0.2) is 115 Å². The number of fused-ring (bicyclic) bond motifs is 1. The number of nitrogens with one attached hydrogen (secondary N) is 13. The van der Waals surface area contributed by atoms with Crippen molar-refractivity contribution >= 4 is 103 Å². The Morgan fingerprint density at radius 2 is 1.25 bits per heavy atom. The highest BCUT2D eigenvalue weighted by Crippen LogP contribution is 2.25. The number of carbonyl (C=O) groups is 11. The van der Waals surface area contributed by atoms with Gasteiger partial charge in [0, 0.05) is 66.1 Å². The van der Waals surface area contributed by atoms with Crippen LogP contribution in [0, 0.1) is 5.92 Å². The summed E-state index contributed by atoms with van der Waals surface area (Å²) in [4.78, 5) is 159. The summed E-state index contributed by atoms with van der Waals surface area (Å²) in [5, 5.41) is 65.1. The van der Waals surface area contributed by atoms with Gasteiger partial charge in [-0.1, -0.05) is 140 Å². The fourth-order valence-corrected chi connectivity index (χ4v) is 13.4. The highest BCUT2D eigenvalue weighted by molar-refractivity contribution is 8.76. The van der Waals surface area contributed by atoms with Crippen molar-refractivity contribution in [3.8, 4) is 0 Å². The molecular formula is C71H99N15O15S2. The summed E-state index contributed by atoms with van der Waals surface area (Å²) in [5.41, 5.74) is 14.4. The molecule has 6 rings (SSSR count). The third-order valence-corrected chi connectivity index (χ3v) is 19.2. The molecule has 4 aromatic carbocycles. The van der Waals surface area contributed by atoms with Crippen molar-refractivity contribution in [1.29, 1.82) is 0 Å². The number of primary amides is 1. The first kappa shape index (κ1) is 82.6. The van der Waals surface area contributed by atoms with Crippen molar-refractivity contribution < 1.29 is 72.8 Å². The van der Waals surface area contributed by atoms with Crippen LogP contribution in [0.25, 0.3) is 10.9 Å². The Hall–Kier alpha value is -9.31. The van der Waals surface area contributed by atoms with Gasteiger partial charge in [-0.25, -0.2) is 9.59 Å². The number of benzene rings is 4. The molecule has 1 aliphatic rings. The third kappa shape index (κ3) is 27.4. The number of aliphatic hydroxyl groups excluding tert-OH is 3. The van der Waals surface area contributed by atoms with Gasteiger partial charge in [-0.05, 0) is 98.9 Å². The fourth-order valence-electron chi connectivity index (χ4n) is 11.0. The first-order chi connectivity index (χ1) is 49.2. The molecule has 0 spiro atoms. The summed E-state index contributed by atoms with van der Waals surface area (Å²) in [6.45, 7) is 9.45. The zero-order chi connectivity index (χ0) is 75.1. The minimum Gasteiger partial charge on any atom is -0.445 e. The minimum atomic E-state index is -1.74. The summed E-state index contributed by atoms with van der Waals surface area (Å²) < 4.78 is 5.65. The fraction of sp³-hybridized carbons (Fsp3) is 0.479. The maximum Gasteiger partial charge on any atom is 0.408 e. The topological polar surface area (TPSA) is 470 Å². The number of aliphatic hydroxyl groups is 3. The number of H-pyrrole nitrogens is 1.